The third-order valence-corrected chi connectivity index (χ3v) is 3.67. The van der Waals surface area contributed by atoms with Crippen LogP contribution < -0.4 is 16.0 Å². The monoisotopic (exact) mass is 262 g/mol. The summed E-state index contributed by atoms with van der Waals surface area (Å²) in [6.45, 7) is 5.97. The molecule has 1 aliphatic heterocycles. The fourth-order valence-corrected chi connectivity index (χ4v) is 2.62. The predicted molar refractivity (Wildman–Crippen MR) is 75.9 cm³/mol. The molecular formula is C14H22N4O. The summed E-state index contributed by atoms with van der Waals surface area (Å²) in [6.07, 6.45) is 3.75. The van der Waals surface area contributed by atoms with E-state index in [-0.39, 0.29) is 5.91 Å². The number of carbonyl (C=O) groups excluding carboxylic acids is 1. The quantitative estimate of drug-likeness (QED) is 0.851. The molecule has 2 heterocycles. The standard InChI is InChI=1S/C14H22N4O/c1-10-3-6-16-14(13(10)9-15)18-7-4-12(5-8-18)17-11(2)19/h3,6,12H,4-5,7-9,15H2,1-2H3,(H,17,19). The smallest absolute Gasteiger partial charge is 0.217 e. The molecule has 1 fully saturated rings. The summed E-state index contributed by atoms with van der Waals surface area (Å²) < 4.78 is 0. The van der Waals surface area contributed by atoms with Gasteiger partial charge in [0.2, 0.25) is 5.91 Å². The summed E-state index contributed by atoms with van der Waals surface area (Å²) >= 11 is 0. The second kappa shape index (κ2) is 6.02. The zero-order valence-electron chi connectivity index (χ0n) is 11.6. The summed E-state index contributed by atoms with van der Waals surface area (Å²) in [4.78, 5) is 17.8. The molecule has 0 bridgehead atoms. The molecule has 3 N–H and O–H groups in total. The molecule has 1 aliphatic rings. The molecule has 2 rings (SSSR count). The lowest BCUT2D eigenvalue weighted by Crippen LogP contribution is -2.44. The maximum atomic E-state index is 11.1. The molecule has 5 nitrogen and oxygen atoms in total. The Hall–Kier alpha value is -1.62. The number of hydrogen-bond acceptors (Lipinski definition) is 4. The van der Waals surface area contributed by atoms with E-state index in [9.17, 15) is 4.79 Å². The highest BCUT2D eigenvalue weighted by atomic mass is 16.1. The average Bonchev–Trinajstić information content (AvgIpc) is 2.38. The van der Waals surface area contributed by atoms with Crippen LogP contribution in [-0.2, 0) is 11.3 Å². The number of rotatable bonds is 3. The van der Waals surface area contributed by atoms with Gasteiger partial charge in [0.15, 0.2) is 0 Å². The van der Waals surface area contributed by atoms with Gasteiger partial charge >= 0.3 is 0 Å². The molecule has 1 aromatic heterocycles. The molecule has 1 amide bonds. The van der Waals surface area contributed by atoms with Crippen molar-refractivity contribution in [3.05, 3.63) is 23.4 Å². The fraction of sp³-hybridized carbons (Fsp3) is 0.571. The number of nitrogens with zero attached hydrogens (tertiary/aromatic N) is 2. The SMILES string of the molecule is CC(=O)NC1CCN(c2nccc(C)c2CN)CC1. The van der Waals surface area contributed by atoms with Crippen LogP contribution in [0.15, 0.2) is 12.3 Å². The zero-order valence-corrected chi connectivity index (χ0v) is 11.6. The van der Waals surface area contributed by atoms with Crippen molar-refractivity contribution in [2.24, 2.45) is 5.73 Å². The third-order valence-electron chi connectivity index (χ3n) is 3.67. The minimum absolute atomic E-state index is 0.0507. The van der Waals surface area contributed by atoms with Gasteiger partial charge in [0, 0.05) is 44.4 Å². The van der Waals surface area contributed by atoms with Gasteiger partial charge in [0.1, 0.15) is 5.82 Å². The number of nitrogens with two attached hydrogens (primary N) is 1. The number of piperidine rings is 1. The summed E-state index contributed by atoms with van der Waals surface area (Å²) in [6, 6.07) is 2.29. The number of amides is 1. The Balaban J connectivity index is 2.05. The number of pyridine rings is 1. The first-order valence-electron chi connectivity index (χ1n) is 6.78. The van der Waals surface area contributed by atoms with E-state index in [0.29, 0.717) is 12.6 Å². The number of anilines is 1. The molecule has 19 heavy (non-hydrogen) atoms. The lowest BCUT2D eigenvalue weighted by Gasteiger charge is -2.34. The van der Waals surface area contributed by atoms with E-state index in [1.54, 1.807) is 6.92 Å². The van der Waals surface area contributed by atoms with Gasteiger partial charge in [0.25, 0.3) is 0 Å². The van der Waals surface area contributed by atoms with Gasteiger partial charge < -0.3 is 16.0 Å². The van der Waals surface area contributed by atoms with Crippen LogP contribution in [0.3, 0.4) is 0 Å². The maximum absolute atomic E-state index is 11.1. The van der Waals surface area contributed by atoms with E-state index in [2.05, 4.69) is 22.1 Å². The minimum Gasteiger partial charge on any atom is -0.356 e. The summed E-state index contributed by atoms with van der Waals surface area (Å²) in [5.41, 5.74) is 8.14. The Morgan fingerprint density at radius 2 is 2.21 bits per heavy atom. The van der Waals surface area contributed by atoms with E-state index < -0.39 is 0 Å². The molecule has 0 saturated carbocycles. The Labute approximate surface area is 114 Å². The summed E-state index contributed by atoms with van der Waals surface area (Å²) in [7, 11) is 0. The van der Waals surface area contributed by atoms with Crippen molar-refractivity contribution in [1.82, 2.24) is 10.3 Å². The fourth-order valence-electron chi connectivity index (χ4n) is 2.62. The summed E-state index contributed by atoms with van der Waals surface area (Å²) in [5.74, 6) is 1.05. The van der Waals surface area contributed by atoms with Gasteiger partial charge in [-0.2, -0.15) is 0 Å². The van der Waals surface area contributed by atoms with Gasteiger partial charge in [0.05, 0.1) is 0 Å². The molecule has 0 atom stereocenters. The van der Waals surface area contributed by atoms with Crippen molar-refractivity contribution in [3.8, 4) is 0 Å². The Morgan fingerprint density at radius 1 is 1.53 bits per heavy atom. The molecule has 0 radical (unpaired) electrons. The van der Waals surface area contributed by atoms with E-state index in [4.69, 9.17) is 5.73 Å². The second-order valence-electron chi connectivity index (χ2n) is 5.10. The highest BCUT2D eigenvalue weighted by molar-refractivity contribution is 5.73. The van der Waals surface area contributed by atoms with Crippen molar-refractivity contribution in [1.29, 1.82) is 0 Å². The summed E-state index contributed by atoms with van der Waals surface area (Å²) in [5, 5.41) is 2.98. The first-order chi connectivity index (χ1) is 9.11. The average molecular weight is 262 g/mol. The maximum Gasteiger partial charge on any atom is 0.217 e. The van der Waals surface area contributed by atoms with Crippen LogP contribution >= 0.6 is 0 Å². The Bertz CT molecular complexity index is 453. The second-order valence-corrected chi connectivity index (χ2v) is 5.10. The van der Waals surface area contributed by atoms with Crippen molar-refractivity contribution in [2.75, 3.05) is 18.0 Å². The molecule has 1 aromatic rings. The molecule has 0 aromatic carbocycles. The van der Waals surface area contributed by atoms with E-state index in [1.165, 1.54) is 5.56 Å². The zero-order chi connectivity index (χ0) is 13.8. The lowest BCUT2D eigenvalue weighted by molar-refractivity contribution is -0.119. The minimum atomic E-state index is 0.0507. The van der Waals surface area contributed by atoms with Crippen molar-refractivity contribution >= 4 is 11.7 Å². The van der Waals surface area contributed by atoms with Crippen molar-refractivity contribution in [3.63, 3.8) is 0 Å². The normalized spacial score (nSPS) is 16.5. The number of aromatic nitrogens is 1. The van der Waals surface area contributed by atoms with Crippen molar-refractivity contribution < 1.29 is 4.79 Å². The van der Waals surface area contributed by atoms with Crippen LogP contribution in [0.1, 0.15) is 30.9 Å². The molecule has 5 heteroatoms. The van der Waals surface area contributed by atoms with Crippen LogP contribution in [0.25, 0.3) is 0 Å². The number of carbonyl (C=O) groups is 1. The highest BCUT2D eigenvalue weighted by Gasteiger charge is 2.22. The van der Waals surface area contributed by atoms with Crippen LogP contribution in [0.4, 0.5) is 5.82 Å². The van der Waals surface area contributed by atoms with Crippen LogP contribution in [0.5, 0.6) is 0 Å². The van der Waals surface area contributed by atoms with E-state index >= 15 is 0 Å². The predicted octanol–water partition coefficient (Wildman–Crippen LogP) is 0.954. The van der Waals surface area contributed by atoms with Gasteiger partial charge in [-0.1, -0.05) is 0 Å². The van der Waals surface area contributed by atoms with E-state index in [0.717, 1.165) is 37.3 Å². The molecule has 1 saturated heterocycles. The number of nitrogens with one attached hydrogen (secondary N) is 1. The molecule has 0 aliphatic carbocycles. The Kier molecular flexibility index (Phi) is 4.37. The molecule has 0 unspecified atom stereocenters. The van der Waals surface area contributed by atoms with Crippen LogP contribution in [-0.4, -0.2) is 30.0 Å². The first-order valence-corrected chi connectivity index (χ1v) is 6.78. The molecule has 0 spiro atoms. The van der Waals surface area contributed by atoms with Gasteiger partial charge in [-0.25, -0.2) is 4.98 Å². The van der Waals surface area contributed by atoms with E-state index in [1.807, 2.05) is 12.3 Å². The Morgan fingerprint density at radius 3 is 2.79 bits per heavy atom. The largest absolute Gasteiger partial charge is 0.356 e. The molecule has 104 valence electrons. The third kappa shape index (κ3) is 3.23. The van der Waals surface area contributed by atoms with Gasteiger partial charge in [-0.05, 0) is 31.4 Å². The van der Waals surface area contributed by atoms with Gasteiger partial charge in [-0.3, -0.25) is 4.79 Å². The van der Waals surface area contributed by atoms with Gasteiger partial charge in [-0.15, -0.1) is 0 Å². The van der Waals surface area contributed by atoms with Crippen molar-refractivity contribution in [2.45, 2.75) is 39.3 Å². The molecular weight excluding hydrogens is 240 g/mol. The lowest BCUT2D eigenvalue weighted by atomic mass is 10.0. The number of hydrogen-bond donors (Lipinski definition) is 2. The highest BCUT2D eigenvalue weighted by Crippen LogP contribution is 2.23. The topological polar surface area (TPSA) is 71.2 Å². The number of aryl methyl sites for hydroxylation is 1. The first kappa shape index (κ1) is 13.8. The van der Waals surface area contributed by atoms with Crippen LogP contribution in [0.2, 0.25) is 0 Å². The van der Waals surface area contributed by atoms with Crippen LogP contribution in [0, 0.1) is 6.92 Å².